The summed E-state index contributed by atoms with van der Waals surface area (Å²) in [6.45, 7) is 0. The quantitative estimate of drug-likeness (QED) is 0.621. The van der Waals surface area contributed by atoms with Crippen LogP contribution in [0.4, 0.5) is 0 Å². The first-order valence-electron chi connectivity index (χ1n) is 3.64. The van der Waals surface area contributed by atoms with Crippen molar-refractivity contribution in [3.8, 4) is 0 Å². The Morgan fingerprint density at radius 2 is 2.23 bits per heavy atom. The monoisotopic (exact) mass is 349 g/mol. The van der Waals surface area contributed by atoms with Gasteiger partial charge < -0.3 is 4.98 Å². The number of aromatic amines is 1. The summed E-state index contributed by atoms with van der Waals surface area (Å²) < 4.78 is 2.08. The SMILES string of the molecule is O=Cc1c[nH]c2ccc(I)c(Br)c12. The number of benzene rings is 1. The second kappa shape index (κ2) is 3.42. The average Bonchev–Trinajstić information content (AvgIpc) is 2.55. The van der Waals surface area contributed by atoms with Gasteiger partial charge in [0.25, 0.3) is 0 Å². The molecule has 0 aliphatic heterocycles. The van der Waals surface area contributed by atoms with Crippen LogP contribution in [0.2, 0.25) is 0 Å². The van der Waals surface area contributed by atoms with Crippen molar-refractivity contribution in [2.75, 3.05) is 0 Å². The zero-order valence-electron chi connectivity index (χ0n) is 6.47. The Balaban J connectivity index is 2.93. The van der Waals surface area contributed by atoms with Crippen LogP contribution >= 0.6 is 38.5 Å². The van der Waals surface area contributed by atoms with Crippen molar-refractivity contribution in [1.29, 1.82) is 0 Å². The van der Waals surface area contributed by atoms with Crippen LogP contribution in [0.3, 0.4) is 0 Å². The van der Waals surface area contributed by atoms with Crippen molar-refractivity contribution in [2.45, 2.75) is 0 Å². The van der Waals surface area contributed by atoms with Gasteiger partial charge in [0.1, 0.15) is 0 Å². The van der Waals surface area contributed by atoms with E-state index in [1.807, 2.05) is 12.1 Å². The summed E-state index contributed by atoms with van der Waals surface area (Å²) in [6, 6.07) is 3.97. The fourth-order valence-electron chi connectivity index (χ4n) is 1.27. The van der Waals surface area contributed by atoms with Crippen LogP contribution in [0.15, 0.2) is 22.8 Å². The Hall–Kier alpha value is -0.360. The maximum Gasteiger partial charge on any atom is 0.152 e. The Bertz CT molecular complexity index is 478. The normalized spacial score (nSPS) is 10.6. The van der Waals surface area contributed by atoms with Crippen molar-refractivity contribution in [2.24, 2.45) is 0 Å². The van der Waals surface area contributed by atoms with Crippen molar-refractivity contribution < 1.29 is 4.79 Å². The zero-order chi connectivity index (χ0) is 9.42. The molecule has 0 aliphatic rings. The molecule has 0 spiro atoms. The molecule has 0 radical (unpaired) electrons. The minimum atomic E-state index is 0.695. The molecule has 1 heterocycles. The molecule has 0 fully saturated rings. The number of hydrogen-bond donors (Lipinski definition) is 1. The molecule has 2 nitrogen and oxygen atoms in total. The van der Waals surface area contributed by atoms with E-state index in [0.29, 0.717) is 5.56 Å². The van der Waals surface area contributed by atoms with Gasteiger partial charge in [-0.15, -0.1) is 0 Å². The first-order valence-corrected chi connectivity index (χ1v) is 5.51. The van der Waals surface area contributed by atoms with Gasteiger partial charge in [0, 0.05) is 30.7 Å². The van der Waals surface area contributed by atoms with E-state index in [9.17, 15) is 4.79 Å². The summed E-state index contributed by atoms with van der Waals surface area (Å²) >= 11 is 5.69. The first-order chi connectivity index (χ1) is 6.24. The highest BCUT2D eigenvalue weighted by molar-refractivity contribution is 14.1. The van der Waals surface area contributed by atoms with E-state index >= 15 is 0 Å². The van der Waals surface area contributed by atoms with E-state index in [4.69, 9.17) is 0 Å². The van der Waals surface area contributed by atoms with E-state index in [-0.39, 0.29) is 0 Å². The van der Waals surface area contributed by atoms with Crippen LogP contribution in [0, 0.1) is 3.57 Å². The van der Waals surface area contributed by atoms with Gasteiger partial charge in [-0.2, -0.15) is 0 Å². The van der Waals surface area contributed by atoms with Crippen LogP contribution in [0.1, 0.15) is 10.4 Å². The summed E-state index contributed by atoms with van der Waals surface area (Å²) in [4.78, 5) is 13.7. The minimum Gasteiger partial charge on any atom is -0.360 e. The summed E-state index contributed by atoms with van der Waals surface area (Å²) in [7, 11) is 0. The van der Waals surface area contributed by atoms with Crippen LogP contribution in [0.5, 0.6) is 0 Å². The van der Waals surface area contributed by atoms with E-state index < -0.39 is 0 Å². The van der Waals surface area contributed by atoms with Gasteiger partial charge in [-0.25, -0.2) is 0 Å². The number of halogens is 2. The summed E-state index contributed by atoms with van der Waals surface area (Å²) in [6.07, 6.45) is 2.58. The predicted molar refractivity (Wildman–Crippen MR) is 64.1 cm³/mol. The number of carbonyl (C=O) groups is 1. The number of hydrogen-bond acceptors (Lipinski definition) is 1. The highest BCUT2D eigenvalue weighted by Gasteiger charge is 2.08. The lowest BCUT2D eigenvalue weighted by Crippen LogP contribution is -1.80. The molecule has 0 saturated carbocycles. The fraction of sp³-hybridized carbons (Fsp3) is 0. The summed E-state index contributed by atoms with van der Waals surface area (Å²) in [5.74, 6) is 0. The van der Waals surface area contributed by atoms with Gasteiger partial charge in [-0.3, -0.25) is 4.79 Å². The van der Waals surface area contributed by atoms with Gasteiger partial charge in [0.15, 0.2) is 6.29 Å². The number of aromatic nitrogens is 1. The van der Waals surface area contributed by atoms with Crippen LogP contribution in [-0.2, 0) is 0 Å². The number of rotatable bonds is 1. The van der Waals surface area contributed by atoms with Gasteiger partial charge in [0.05, 0.1) is 0 Å². The summed E-state index contributed by atoms with van der Waals surface area (Å²) in [5, 5.41) is 0.960. The highest BCUT2D eigenvalue weighted by Crippen LogP contribution is 2.30. The lowest BCUT2D eigenvalue weighted by Gasteiger charge is -1.98. The van der Waals surface area contributed by atoms with E-state index in [1.54, 1.807) is 6.20 Å². The minimum absolute atomic E-state index is 0.695. The largest absolute Gasteiger partial charge is 0.360 e. The number of aldehydes is 1. The maximum absolute atomic E-state index is 10.7. The molecule has 2 aromatic rings. The Labute approximate surface area is 97.0 Å². The molecule has 66 valence electrons. The molecule has 0 saturated heterocycles. The number of nitrogens with one attached hydrogen (secondary N) is 1. The van der Waals surface area contributed by atoms with Gasteiger partial charge in [0.2, 0.25) is 0 Å². The first kappa shape index (κ1) is 9.21. The average molecular weight is 350 g/mol. The molecule has 0 unspecified atom stereocenters. The van der Waals surface area contributed by atoms with Crippen LogP contribution in [-0.4, -0.2) is 11.3 Å². The van der Waals surface area contributed by atoms with Crippen LogP contribution in [0.25, 0.3) is 10.9 Å². The third kappa shape index (κ3) is 1.42. The van der Waals surface area contributed by atoms with Crippen molar-refractivity contribution in [1.82, 2.24) is 4.98 Å². The molecule has 0 amide bonds. The molecule has 1 aromatic heterocycles. The van der Waals surface area contributed by atoms with Crippen molar-refractivity contribution in [3.63, 3.8) is 0 Å². The smallest absolute Gasteiger partial charge is 0.152 e. The van der Waals surface area contributed by atoms with Gasteiger partial charge in [-0.1, -0.05) is 0 Å². The van der Waals surface area contributed by atoms with E-state index in [1.165, 1.54) is 0 Å². The Morgan fingerprint density at radius 3 is 2.92 bits per heavy atom. The molecule has 0 atom stereocenters. The molecular formula is C9H5BrINO. The highest BCUT2D eigenvalue weighted by atomic mass is 127. The Kier molecular flexibility index (Phi) is 2.42. The third-order valence-corrected chi connectivity index (χ3v) is 4.36. The molecule has 13 heavy (non-hydrogen) atoms. The summed E-state index contributed by atoms with van der Waals surface area (Å²) in [5.41, 5.74) is 1.68. The number of fused-ring (bicyclic) bond motifs is 1. The van der Waals surface area contributed by atoms with Crippen LogP contribution < -0.4 is 0 Å². The number of H-pyrrole nitrogens is 1. The lowest BCUT2D eigenvalue weighted by molar-refractivity contribution is 0.112. The molecular weight excluding hydrogens is 345 g/mol. The number of carbonyl (C=O) groups excluding carboxylic acids is 1. The van der Waals surface area contributed by atoms with Gasteiger partial charge >= 0.3 is 0 Å². The molecule has 1 N–H and O–H groups in total. The van der Waals surface area contributed by atoms with Crippen molar-refractivity contribution in [3.05, 3.63) is 31.9 Å². The Morgan fingerprint density at radius 1 is 1.46 bits per heavy atom. The maximum atomic E-state index is 10.7. The zero-order valence-corrected chi connectivity index (χ0v) is 10.2. The third-order valence-electron chi connectivity index (χ3n) is 1.89. The molecule has 0 aliphatic carbocycles. The molecule has 0 bridgehead atoms. The fourth-order valence-corrected chi connectivity index (χ4v) is 2.30. The topological polar surface area (TPSA) is 32.9 Å². The second-order valence-corrected chi connectivity index (χ2v) is 4.60. The molecule has 4 heteroatoms. The van der Waals surface area contributed by atoms with Gasteiger partial charge in [-0.05, 0) is 50.7 Å². The molecule has 2 rings (SSSR count). The molecule has 1 aromatic carbocycles. The second-order valence-electron chi connectivity index (χ2n) is 2.65. The van der Waals surface area contributed by atoms with Crippen molar-refractivity contribution >= 4 is 55.7 Å². The standard InChI is InChI=1S/C9H5BrINO/c10-9-6(11)1-2-7-8(9)5(4-13)3-12-7/h1-4,12H. The van der Waals surface area contributed by atoms with E-state index in [2.05, 4.69) is 43.5 Å². The lowest BCUT2D eigenvalue weighted by atomic mass is 10.2. The predicted octanol–water partition coefficient (Wildman–Crippen LogP) is 3.35. The van der Waals surface area contributed by atoms with E-state index in [0.717, 1.165) is 25.2 Å².